The minimum atomic E-state index is 0.0274. The smallest absolute Gasteiger partial charge is 0.230 e. The number of hydrogen-bond donors (Lipinski definition) is 0. The number of aromatic nitrogens is 2. The highest BCUT2D eigenvalue weighted by Gasteiger charge is 2.49. The lowest BCUT2D eigenvalue weighted by atomic mass is 9.67. The van der Waals surface area contributed by atoms with E-state index >= 15 is 0 Å². The zero-order chi connectivity index (χ0) is 19.0. The number of carbonyl (C=O) groups is 1. The van der Waals surface area contributed by atoms with E-state index in [1.807, 2.05) is 24.5 Å². The summed E-state index contributed by atoms with van der Waals surface area (Å²) in [5.74, 6) is 1.29. The molecule has 2 aromatic rings. The number of benzene rings is 1. The van der Waals surface area contributed by atoms with Crippen molar-refractivity contribution in [3.63, 3.8) is 0 Å². The maximum absolute atomic E-state index is 13.2. The average molecular weight is 377 g/mol. The molecule has 1 spiro atoms. The molecule has 1 aromatic carbocycles. The van der Waals surface area contributed by atoms with Crippen LogP contribution in [-0.4, -0.2) is 51.4 Å². The Labute approximate surface area is 166 Å². The van der Waals surface area contributed by atoms with E-state index in [0.717, 1.165) is 51.3 Å². The largest absolute Gasteiger partial charge is 0.339 e. The Hall–Kier alpha value is -2.27. The van der Waals surface area contributed by atoms with E-state index in [9.17, 15) is 4.79 Å². The van der Waals surface area contributed by atoms with Gasteiger partial charge in [0.15, 0.2) is 0 Å². The van der Waals surface area contributed by atoms with Gasteiger partial charge in [-0.3, -0.25) is 9.69 Å². The molecule has 28 heavy (non-hydrogen) atoms. The van der Waals surface area contributed by atoms with Gasteiger partial charge < -0.3 is 4.90 Å². The van der Waals surface area contributed by atoms with Gasteiger partial charge in [0.1, 0.15) is 5.82 Å². The maximum Gasteiger partial charge on any atom is 0.230 e. The van der Waals surface area contributed by atoms with Crippen molar-refractivity contribution in [3.8, 4) is 0 Å². The number of hydrogen-bond acceptors (Lipinski definition) is 4. The van der Waals surface area contributed by atoms with Gasteiger partial charge in [-0.05, 0) is 62.2 Å². The van der Waals surface area contributed by atoms with Gasteiger partial charge in [-0.15, -0.1) is 0 Å². The lowest BCUT2D eigenvalue weighted by Gasteiger charge is -2.50. The first kappa shape index (κ1) is 17.8. The highest BCUT2D eigenvalue weighted by atomic mass is 16.2. The summed E-state index contributed by atoms with van der Waals surface area (Å²) in [5, 5.41) is 0. The van der Waals surface area contributed by atoms with Crippen LogP contribution in [0, 0.1) is 5.41 Å². The summed E-state index contributed by atoms with van der Waals surface area (Å²) in [6.45, 7) is 3.90. The zero-order valence-electron chi connectivity index (χ0n) is 16.3. The molecule has 5 rings (SSSR count). The number of rotatable bonds is 4. The third-order valence-corrected chi connectivity index (χ3v) is 6.81. The van der Waals surface area contributed by atoms with Gasteiger partial charge in [-0.1, -0.05) is 30.3 Å². The highest BCUT2D eigenvalue weighted by Crippen LogP contribution is 2.48. The first-order valence-electron chi connectivity index (χ1n) is 10.6. The van der Waals surface area contributed by atoms with E-state index in [0.29, 0.717) is 11.9 Å². The second-order valence-corrected chi connectivity index (χ2v) is 8.81. The zero-order valence-corrected chi connectivity index (χ0v) is 16.3. The maximum atomic E-state index is 13.2. The van der Waals surface area contributed by atoms with Gasteiger partial charge in [0, 0.05) is 25.0 Å². The molecule has 0 unspecified atom stereocenters. The molecule has 1 saturated carbocycles. The number of nitrogens with zero attached hydrogens (tertiary/aromatic N) is 4. The molecule has 0 N–H and O–H groups in total. The van der Waals surface area contributed by atoms with Crippen molar-refractivity contribution in [1.82, 2.24) is 19.8 Å². The number of piperidine rings is 2. The van der Waals surface area contributed by atoms with Gasteiger partial charge in [-0.2, -0.15) is 0 Å². The second-order valence-electron chi connectivity index (χ2n) is 8.81. The lowest BCUT2D eigenvalue weighted by Crippen LogP contribution is -2.54. The predicted octanol–water partition coefficient (Wildman–Crippen LogP) is 3.24. The van der Waals surface area contributed by atoms with Crippen LogP contribution in [0.5, 0.6) is 0 Å². The van der Waals surface area contributed by atoms with E-state index in [1.54, 1.807) is 0 Å². The molecule has 0 bridgehead atoms. The summed E-state index contributed by atoms with van der Waals surface area (Å²) in [5.41, 5.74) is 1.45. The topological polar surface area (TPSA) is 49.3 Å². The van der Waals surface area contributed by atoms with Gasteiger partial charge in [0.25, 0.3) is 0 Å². The minimum absolute atomic E-state index is 0.0274. The molecule has 5 nitrogen and oxygen atoms in total. The fourth-order valence-electron chi connectivity index (χ4n) is 5.02. The first-order chi connectivity index (χ1) is 13.7. The van der Waals surface area contributed by atoms with Crippen LogP contribution in [0.4, 0.5) is 0 Å². The third-order valence-electron chi connectivity index (χ3n) is 6.81. The highest BCUT2D eigenvalue weighted by molar-refractivity contribution is 5.85. The normalized spacial score (nSPS) is 25.2. The van der Waals surface area contributed by atoms with Crippen LogP contribution in [0.25, 0.3) is 0 Å². The fourth-order valence-corrected chi connectivity index (χ4v) is 5.02. The van der Waals surface area contributed by atoms with Crippen molar-refractivity contribution in [2.24, 2.45) is 5.41 Å². The Morgan fingerprint density at radius 2 is 1.71 bits per heavy atom. The predicted molar refractivity (Wildman–Crippen MR) is 108 cm³/mol. The van der Waals surface area contributed by atoms with Crippen LogP contribution in [0.3, 0.4) is 0 Å². The molecular formula is C23H28N4O. The molecule has 1 aliphatic carbocycles. The van der Waals surface area contributed by atoms with Gasteiger partial charge >= 0.3 is 0 Å². The summed E-state index contributed by atoms with van der Waals surface area (Å²) >= 11 is 0. The SMILES string of the molecule is O=C1[C@@H](c2ccccc2)CC2(CCN(Cc3ncccn3)CC2)CN1C1CC1. The van der Waals surface area contributed by atoms with Gasteiger partial charge in [-0.25, -0.2) is 9.97 Å². The molecular weight excluding hydrogens is 348 g/mol. The van der Waals surface area contributed by atoms with Crippen LogP contribution < -0.4 is 0 Å². The molecule has 3 aliphatic rings. The number of amides is 1. The molecule has 146 valence electrons. The van der Waals surface area contributed by atoms with Crippen molar-refractivity contribution < 1.29 is 4.79 Å². The standard InChI is InChI=1S/C23H28N4O/c28-22-20(18-5-2-1-3-6-18)15-23(17-27(22)19-7-8-19)9-13-26(14-10-23)16-21-24-11-4-12-25-21/h1-6,11-12,19-20H,7-10,13-17H2/t20-/m1/s1. The summed E-state index contributed by atoms with van der Waals surface area (Å²) in [4.78, 5) is 26.7. The van der Waals surface area contributed by atoms with E-state index in [2.05, 4.69) is 44.0 Å². The van der Waals surface area contributed by atoms with Crippen LogP contribution in [0.1, 0.15) is 49.4 Å². The quantitative estimate of drug-likeness (QED) is 0.822. The molecule has 3 heterocycles. The van der Waals surface area contributed by atoms with E-state index in [1.165, 1.54) is 18.4 Å². The van der Waals surface area contributed by atoms with Gasteiger partial charge in [0.05, 0.1) is 12.5 Å². The summed E-state index contributed by atoms with van der Waals surface area (Å²) in [6, 6.07) is 12.8. The summed E-state index contributed by atoms with van der Waals surface area (Å²) in [6.07, 6.45) is 9.30. The van der Waals surface area contributed by atoms with Crippen molar-refractivity contribution in [1.29, 1.82) is 0 Å². The van der Waals surface area contributed by atoms with Crippen molar-refractivity contribution in [2.75, 3.05) is 19.6 Å². The summed E-state index contributed by atoms with van der Waals surface area (Å²) in [7, 11) is 0. The lowest BCUT2D eigenvalue weighted by molar-refractivity contribution is -0.142. The Bertz CT molecular complexity index is 813. The third kappa shape index (κ3) is 3.55. The Morgan fingerprint density at radius 1 is 1.00 bits per heavy atom. The number of carbonyl (C=O) groups excluding carboxylic acids is 1. The van der Waals surface area contributed by atoms with Crippen LogP contribution in [0.15, 0.2) is 48.8 Å². The van der Waals surface area contributed by atoms with Crippen molar-refractivity contribution >= 4 is 5.91 Å². The molecule has 2 aliphatic heterocycles. The summed E-state index contributed by atoms with van der Waals surface area (Å²) < 4.78 is 0. The monoisotopic (exact) mass is 376 g/mol. The van der Waals surface area contributed by atoms with Crippen molar-refractivity contribution in [2.45, 2.75) is 50.6 Å². The molecule has 1 atom stereocenters. The van der Waals surface area contributed by atoms with Crippen LogP contribution >= 0.6 is 0 Å². The molecule has 2 saturated heterocycles. The van der Waals surface area contributed by atoms with Gasteiger partial charge in [0.2, 0.25) is 5.91 Å². The molecule has 5 heteroatoms. The van der Waals surface area contributed by atoms with Crippen molar-refractivity contribution in [3.05, 3.63) is 60.2 Å². The minimum Gasteiger partial charge on any atom is -0.339 e. The van der Waals surface area contributed by atoms with E-state index in [4.69, 9.17) is 0 Å². The molecule has 1 amide bonds. The van der Waals surface area contributed by atoms with E-state index in [-0.39, 0.29) is 11.3 Å². The van der Waals surface area contributed by atoms with Crippen LogP contribution in [-0.2, 0) is 11.3 Å². The Morgan fingerprint density at radius 3 is 2.39 bits per heavy atom. The fraction of sp³-hybridized carbons (Fsp3) is 0.522. The second kappa shape index (κ2) is 7.28. The molecule has 3 fully saturated rings. The van der Waals surface area contributed by atoms with E-state index < -0.39 is 0 Å². The Balaban J connectivity index is 1.32. The average Bonchev–Trinajstić information content (AvgIpc) is 3.58. The molecule has 1 aromatic heterocycles. The number of likely N-dealkylation sites (tertiary alicyclic amines) is 2. The first-order valence-corrected chi connectivity index (χ1v) is 10.6. The molecule has 0 radical (unpaired) electrons. The van der Waals surface area contributed by atoms with Crippen LogP contribution in [0.2, 0.25) is 0 Å². The Kier molecular flexibility index (Phi) is 4.63.